The first kappa shape index (κ1) is 24.6. The molecule has 9 aromatic rings. The quantitative estimate of drug-likeness (QED) is 0.214. The molecule has 0 fully saturated rings. The highest BCUT2D eigenvalue weighted by Crippen LogP contribution is 2.47. The van der Waals surface area contributed by atoms with Crippen molar-refractivity contribution in [2.24, 2.45) is 0 Å². The van der Waals surface area contributed by atoms with Gasteiger partial charge in [-0.25, -0.2) is 0 Å². The van der Waals surface area contributed by atoms with Gasteiger partial charge in [-0.05, 0) is 34.9 Å². The molecular formula is C41H25NO2. The van der Waals surface area contributed by atoms with Crippen LogP contribution in [-0.2, 0) is 0 Å². The van der Waals surface area contributed by atoms with Crippen molar-refractivity contribution in [3.8, 4) is 44.6 Å². The lowest BCUT2D eigenvalue weighted by atomic mass is 9.96. The Morgan fingerprint density at radius 1 is 0.364 bits per heavy atom. The van der Waals surface area contributed by atoms with Gasteiger partial charge >= 0.3 is 0 Å². The summed E-state index contributed by atoms with van der Waals surface area (Å²) in [7, 11) is 0. The van der Waals surface area contributed by atoms with Crippen LogP contribution in [0.2, 0.25) is 0 Å². The Kier molecular flexibility index (Phi) is 5.50. The summed E-state index contributed by atoms with van der Waals surface area (Å²) >= 11 is 0. The Morgan fingerprint density at radius 3 is 1.39 bits per heavy atom. The van der Waals surface area contributed by atoms with E-state index < -0.39 is 0 Å². The van der Waals surface area contributed by atoms with Crippen molar-refractivity contribution in [2.45, 2.75) is 0 Å². The van der Waals surface area contributed by atoms with Crippen LogP contribution in [0.15, 0.2) is 161 Å². The maximum absolute atomic E-state index is 6.91. The van der Waals surface area contributed by atoms with E-state index in [0.717, 1.165) is 88.5 Å². The number of furan rings is 2. The number of pyridine rings is 1. The van der Waals surface area contributed by atoms with Gasteiger partial charge in [-0.15, -0.1) is 0 Å². The maximum Gasteiger partial charge on any atom is 0.147 e. The minimum atomic E-state index is 0.807. The fourth-order valence-electron chi connectivity index (χ4n) is 6.49. The average Bonchev–Trinajstić information content (AvgIpc) is 3.66. The molecule has 3 heteroatoms. The van der Waals surface area contributed by atoms with Crippen LogP contribution in [-0.4, -0.2) is 4.98 Å². The molecule has 44 heavy (non-hydrogen) atoms. The first-order valence-corrected chi connectivity index (χ1v) is 14.8. The summed E-state index contributed by atoms with van der Waals surface area (Å²) in [5.41, 5.74) is 11.6. The van der Waals surface area contributed by atoms with Crippen LogP contribution < -0.4 is 0 Å². The predicted molar refractivity (Wildman–Crippen MR) is 181 cm³/mol. The van der Waals surface area contributed by atoms with Crippen molar-refractivity contribution in [1.82, 2.24) is 4.98 Å². The van der Waals surface area contributed by atoms with Gasteiger partial charge in [0, 0.05) is 44.4 Å². The van der Waals surface area contributed by atoms with E-state index in [-0.39, 0.29) is 0 Å². The minimum Gasteiger partial charge on any atom is -0.455 e. The van der Waals surface area contributed by atoms with Gasteiger partial charge in [-0.1, -0.05) is 127 Å². The second-order valence-corrected chi connectivity index (χ2v) is 11.1. The highest BCUT2D eigenvalue weighted by Gasteiger charge is 2.23. The fourth-order valence-corrected chi connectivity index (χ4v) is 6.49. The van der Waals surface area contributed by atoms with Crippen molar-refractivity contribution in [2.75, 3.05) is 0 Å². The second kappa shape index (κ2) is 9.82. The van der Waals surface area contributed by atoms with Crippen LogP contribution in [0.1, 0.15) is 0 Å². The molecule has 3 aromatic heterocycles. The summed E-state index contributed by atoms with van der Waals surface area (Å²) in [5, 5.41) is 4.28. The van der Waals surface area contributed by atoms with Gasteiger partial charge in [0.15, 0.2) is 0 Å². The van der Waals surface area contributed by atoms with Gasteiger partial charge in [-0.3, -0.25) is 4.98 Å². The third-order valence-electron chi connectivity index (χ3n) is 8.54. The molecule has 0 spiro atoms. The van der Waals surface area contributed by atoms with E-state index in [1.807, 2.05) is 36.5 Å². The van der Waals surface area contributed by atoms with Gasteiger partial charge < -0.3 is 8.83 Å². The number of nitrogens with zero attached hydrogens (tertiary/aromatic N) is 1. The number of hydrogen-bond acceptors (Lipinski definition) is 3. The fraction of sp³-hybridized carbons (Fsp3) is 0. The van der Waals surface area contributed by atoms with E-state index in [1.165, 1.54) is 0 Å². The molecule has 0 atom stereocenters. The normalized spacial score (nSPS) is 11.6. The molecule has 0 aliphatic rings. The SMILES string of the molecule is c1ccc(-c2cc(-c3c4oc5c(-c6ccccc6)cccc5c4cc4c3oc3c(-c5ccccc5)cccc34)ccn2)cc1. The number of benzene rings is 6. The molecule has 3 heterocycles. The number of aromatic nitrogens is 1. The zero-order valence-electron chi connectivity index (χ0n) is 23.7. The van der Waals surface area contributed by atoms with Crippen LogP contribution in [0.5, 0.6) is 0 Å². The van der Waals surface area contributed by atoms with Crippen molar-refractivity contribution >= 4 is 43.9 Å². The molecule has 0 saturated carbocycles. The second-order valence-electron chi connectivity index (χ2n) is 11.1. The number of fused-ring (bicyclic) bond motifs is 6. The molecule has 0 aliphatic heterocycles. The standard InChI is InChI=1S/C41H25NO2/c1-4-12-26(13-5-1)30-18-10-20-32-34-25-35-33-21-11-19-31(27-14-6-2-7-15-27)39(33)44-41(35)37(40(34)43-38(30)32)29-22-23-42-36(24-29)28-16-8-3-9-17-28/h1-25H. The highest BCUT2D eigenvalue weighted by atomic mass is 16.3. The summed E-state index contributed by atoms with van der Waals surface area (Å²) in [6.45, 7) is 0. The summed E-state index contributed by atoms with van der Waals surface area (Å²) in [6.07, 6.45) is 1.87. The molecular weight excluding hydrogens is 538 g/mol. The van der Waals surface area contributed by atoms with Crippen LogP contribution in [0, 0.1) is 0 Å². The predicted octanol–water partition coefficient (Wildman–Crippen LogP) is 11.5. The van der Waals surface area contributed by atoms with E-state index in [2.05, 4.69) is 115 Å². The molecule has 6 aromatic carbocycles. The highest BCUT2D eigenvalue weighted by molar-refractivity contribution is 6.24. The lowest BCUT2D eigenvalue weighted by Crippen LogP contribution is -1.86. The molecule has 0 radical (unpaired) electrons. The number of hydrogen-bond donors (Lipinski definition) is 0. The largest absolute Gasteiger partial charge is 0.455 e. The van der Waals surface area contributed by atoms with Gasteiger partial charge in [0.2, 0.25) is 0 Å². The molecule has 0 N–H and O–H groups in total. The Labute approximate surface area is 253 Å². The summed E-state index contributed by atoms with van der Waals surface area (Å²) < 4.78 is 13.8. The van der Waals surface area contributed by atoms with Gasteiger partial charge in [-0.2, -0.15) is 0 Å². The van der Waals surface area contributed by atoms with E-state index in [9.17, 15) is 0 Å². The zero-order chi connectivity index (χ0) is 29.0. The topological polar surface area (TPSA) is 39.2 Å². The Hall–Kier alpha value is -5.93. The molecule has 0 bridgehead atoms. The van der Waals surface area contributed by atoms with Crippen molar-refractivity contribution in [3.63, 3.8) is 0 Å². The Balaban J connectivity index is 1.41. The summed E-state index contributed by atoms with van der Waals surface area (Å²) in [6, 6.07) is 50.4. The summed E-state index contributed by atoms with van der Waals surface area (Å²) in [5.74, 6) is 0. The van der Waals surface area contributed by atoms with Crippen LogP contribution >= 0.6 is 0 Å². The zero-order valence-corrected chi connectivity index (χ0v) is 23.7. The first-order valence-electron chi connectivity index (χ1n) is 14.8. The van der Waals surface area contributed by atoms with Crippen molar-refractivity contribution < 1.29 is 8.83 Å². The maximum atomic E-state index is 6.91. The van der Waals surface area contributed by atoms with Crippen LogP contribution in [0.25, 0.3) is 88.5 Å². The molecule has 0 aliphatic carbocycles. The Bertz CT molecular complexity index is 2340. The van der Waals surface area contributed by atoms with E-state index in [4.69, 9.17) is 13.8 Å². The molecule has 206 valence electrons. The van der Waals surface area contributed by atoms with E-state index in [1.54, 1.807) is 0 Å². The lowest BCUT2D eigenvalue weighted by molar-refractivity contribution is 0.659. The smallest absolute Gasteiger partial charge is 0.147 e. The first-order chi connectivity index (χ1) is 21.8. The van der Waals surface area contributed by atoms with E-state index >= 15 is 0 Å². The molecule has 0 unspecified atom stereocenters. The number of rotatable bonds is 4. The third-order valence-corrected chi connectivity index (χ3v) is 8.54. The van der Waals surface area contributed by atoms with Gasteiger partial charge in [0.25, 0.3) is 0 Å². The van der Waals surface area contributed by atoms with Crippen LogP contribution in [0.3, 0.4) is 0 Å². The molecule has 9 rings (SSSR count). The van der Waals surface area contributed by atoms with Gasteiger partial charge in [0.1, 0.15) is 22.3 Å². The van der Waals surface area contributed by atoms with Crippen LogP contribution in [0.4, 0.5) is 0 Å². The third kappa shape index (κ3) is 3.80. The minimum absolute atomic E-state index is 0.807. The summed E-state index contributed by atoms with van der Waals surface area (Å²) in [4.78, 5) is 4.73. The number of para-hydroxylation sites is 2. The molecule has 0 amide bonds. The van der Waals surface area contributed by atoms with Gasteiger partial charge in [0.05, 0.1) is 11.3 Å². The Morgan fingerprint density at radius 2 is 0.864 bits per heavy atom. The van der Waals surface area contributed by atoms with Crippen molar-refractivity contribution in [3.05, 3.63) is 152 Å². The lowest BCUT2D eigenvalue weighted by Gasteiger charge is -2.07. The van der Waals surface area contributed by atoms with E-state index in [0.29, 0.717) is 0 Å². The average molecular weight is 564 g/mol. The molecule has 3 nitrogen and oxygen atoms in total. The molecule has 0 saturated heterocycles. The monoisotopic (exact) mass is 563 g/mol. The van der Waals surface area contributed by atoms with Crippen molar-refractivity contribution in [1.29, 1.82) is 0 Å².